The topological polar surface area (TPSA) is 46.2 Å². The summed E-state index contributed by atoms with van der Waals surface area (Å²) in [4.78, 5) is 0. The van der Waals surface area contributed by atoms with Gasteiger partial charge in [-0.05, 0) is 37.0 Å². The number of hydrogen-bond acceptors (Lipinski definition) is 2. The van der Waals surface area contributed by atoms with Crippen molar-refractivity contribution >= 4 is 0 Å². The van der Waals surface area contributed by atoms with Gasteiger partial charge in [0, 0.05) is 0 Å². The zero-order valence-electron chi connectivity index (χ0n) is 9.12. The van der Waals surface area contributed by atoms with Crippen LogP contribution in [0.15, 0.2) is 18.2 Å². The third-order valence-electron chi connectivity index (χ3n) is 2.71. The number of hydrogen-bond donors (Lipinski definition) is 2. The molecule has 14 heavy (non-hydrogen) atoms. The number of rotatable bonds is 3. The van der Waals surface area contributed by atoms with E-state index >= 15 is 0 Å². The van der Waals surface area contributed by atoms with Gasteiger partial charge in [0.2, 0.25) is 0 Å². The van der Waals surface area contributed by atoms with Gasteiger partial charge in [0.25, 0.3) is 0 Å². The van der Waals surface area contributed by atoms with Gasteiger partial charge in [-0.3, -0.25) is 0 Å². The predicted molar refractivity (Wildman–Crippen MR) is 59.1 cm³/mol. The summed E-state index contributed by atoms with van der Waals surface area (Å²) in [5, 5.41) is 9.70. The molecule has 0 saturated heterocycles. The van der Waals surface area contributed by atoms with Crippen molar-refractivity contribution in [2.75, 3.05) is 0 Å². The largest absolute Gasteiger partial charge is 0.391 e. The molecule has 0 aliphatic rings. The van der Waals surface area contributed by atoms with Crippen LogP contribution in [0.1, 0.15) is 36.1 Å². The lowest BCUT2D eigenvalue weighted by molar-refractivity contribution is 0.140. The summed E-state index contributed by atoms with van der Waals surface area (Å²) in [6, 6.07) is 5.81. The molecule has 2 heteroatoms. The molecule has 1 aromatic rings. The van der Waals surface area contributed by atoms with E-state index in [4.69, 9.17) is 5.73 Å². The SMILES string of the molecule is CC[C@@H](O)[C@@H](N)c1c(C)cccc1C. The Morgan fingerprint density at radius 2 is 1.79 bits per heavy atom. The van der Waals surface area contributed by atoms with Crippen LogP contribution in [0.2, 0.25) is 0 Å². The molecule has 0 aromatic heterocycles. The maximum Gasteiger partial charge on any atom is 0.0730 e. The first-order valence-electron chi connectivity index (χ1n) is 5.07. The Morgan fingerprint density at radius 1 is 1.29 bits per heavy atom. The van der Waals surface area contributed by atoms with E-state index in [0.29, 0.717) is 6.42 Å². The van der Waals surface area contributed by atoms with Crippen molar-refractivity contribution in [2.45, 2.75) is 39.3 Å². The lowest BCUT2D eigenvalue weighted by atomic mass is 9.92. The van der Waals surface area contributed by atoms with Gasteiger partial charge < -0.3 is 10.8 Å². The molecule has 0 saturated carbocycles. The fourth-order valence-electron chi connectivity index (χ4n) is 1.80. The van der Waals surface area contributed by atoms with E-state index in [1.807, 2.05) is 39.0 Å². The van der Waals surface area contributed by atoms with E-state index in [-0.39, 0.29) is 6.04 Å². The van der Waals surface area contributed by atoms with Crippen molar-refractivity contribution in [1.29, 1.82) is 0 Å². The van der Waals surface area contributed by atoms with Crippen molar-refractivity contribution in [1.82, 2.24) is 0 Å². The van der Waals surface area contributed by atoms with Crippen LogP contribution >= 0.6 is 0 Å². The van der Waals surface area contributed by atoms with Crippen molar-refractivity contribution in [3.8, 4) is 0 Å². The Morgan fingerprint density at radius 3 is 2.21 bits per heavy atom. The maximum absolute atomic E-state index is 9.70. The first-order valence-corrected chi connectivity index (χ1v) is 5.07. The van der Waals surface area contributed by atoms with Crippen LogP contribution in [0.3, 0.4) is 0 Å². The molecule has 1 aromatic carbocycles. The van der Waals surface area contributed by atoms with E-state index in [0.717, 1.165) is 16.7 Å². The minimum Gasteiger partial charge on any atom is -0.391 e. The van der Waals surface area contributed by atoms with Gasteiger partial charge >= 0.3 is 0 Å². The fraction of sp³-hybridized carbons (Fsp3) is 0.500. The Bertz CT molecular complexity index is 289. The van der Waals surface area contributed by atoms with E-state index < -0.39 is 6.10 Å². The van der Waals surface area contributed by atoms with E-state index in [1.165, 1.54) is 0 Å². The Kier molecular flexibility index (Phi) is 3.67. The highest BCUT2D eigenvalue weighted by atomic mass is 16.3. The van der Waals surface area contributed by atoms with Crippen LogP contribution < -0.4 is 5.73 Å². The average Bonchev–Trinajstić information content (AvgIpc) is 2.16. The summed E-state index contributed by atoms with van der Waals surface area (Å²) in [7, 11) is 0. The first kappa shape index (κ1) is 11.2. The van der Waals surface area contributed by atoms with Gasteiger partial charge in [0.05, 0.1) is 12.1 Å². The second kappa shape index (κ2) is 4.58. The van der Waals surface area contributed by atoms with Gasteiger partial charge in [-0.25, -0.2) is 0 Å². The normalized spacial score (nSPS) is 15.2. The van der Waals surface area contributed by atoms with Crippen molar-refractivity contribution in [3.05, 3.63) is 34.9 Å². The maximum atomic E-state index is 9.70. The summed E-state index contributed by atoms with van der Waals surface area (Å²) in [5.41, 5.74) is 9.40. The van der Waals surface area contributed by atoms with Crippen molar-refractivity contribution in [3.63, 3.8) is 0 Å². The second-order valence-electron chi connectivity index (χ2n) is 3.81. The predicted octanol–water partition coefficient (Wildman–Crippen LogP) is 2.07. The highest BCUT2D eigenvalue weighted by Crippen LogP contribution is 2.23. The molecular weight excluding hydrogens is 174 g/mol. The van der Waals surface area contributed by atoms with Crippen LogP contribution in [-0.2, 0) is 0 Å². The zero-order valence-corrected chi connectivity index (χ0v) is 9.12. The molecule has 78 valence electrons. The summed E-state index contributed by atoms with van der Waals surface area (Å²) >= 11 is 0. The van der Waals surface area contributed by atoms with Gasteiger partial charge in [0.15, 0.2) is 0 Å². The number of benzene rings is 1. The quantitative estimate of drug-likeness (QED) is 0.772. The lowest BCUT2D eigenvalue weighted by Crippen LogP contribution is -2.26. The molecule has 0 aliphatic carbocycles. The molecule has 0 fully saturated rings. The Balaban J connectivity index is 3.05. The molecule has 0 radical (unpaired) electrons. The summed E-state index contributed by atoms with van der Waals surface area (Å²) in [6.45, 7) is 6.01. The van der Waals surface area contributed by atoms with E-state index in [1.54, 1.807) is 0 Å². The third kappa shape index (κ3) is 2.14. The van der Waals surface area contributed by atoms with Gasteiger partial charge in [0.1, 0.15) is 0 Å². The van der Waals surface area contributed by atoms with Gasteiger partial charge in [-0.15, -0.1) is 0 Å². The zero-order chi connectivity index (χ0) is 10.7. The third-order valence-corrected chi connectivity index (χ3v) is 2.71. The van der Waals surface area contributed by atoms with Gasteiger partial charge in [-0.1, -0.05) is 25.1 Å². The monoisotopic (exact) mass is 193 g/mol. The molecule has 0 amide bonds. The molecule has 2 nitrogen and oxygen atoms in total. The van der Waals surface area contributed by atoms with Crippen LogP contribution in [0, 0.1) is 13.8 Å². The van der Waals surface area contributed by atoms with Crippen LogP contribution in [0.4, 0.5) is 0 Å². The number of nitrogens with two attached hydrogens (primary N) is 1. The number of aliphatic hydroxyl groups is 1. The minimum absolute atomic E-state index is 0.263. The van der Waals surface area contributed by atoms with E-state index in [2.05, 4.69) is 0 Å². The summed E-state index contributed by atoms with van der Waals surface area (Å²) < 4.78 is 0. The van der Waals surface area contributed by atoms with Gasteiger partial charge in [-0.2, -0.15) is 0 Å². The summed E-state index contributed by atoms with van der Waals surface area (Å²) in [5.74, 6) is 0. The first-order chi connectivity index (χ1) is 6.57. The highest BCUT2D eigenvalue weighted by Gasteiger charge is 2.18. The standard InChI is InChI=1S/C12H19NO/c1-4-10(14)12(13)11-8(2)6-5-7-9(11)3/h5-7,10,12,14H,4,13H2,1-3H3/t10-,12-/m1/s1. The molecule has 0 spiro atoms. The number of aryl methyl sites for hydroxylation is 2. The lowest BCUT2D eigenvalue weighted by Gasteiger charge is -2.21. The Hall–Kier alpha value is -0.860. The minimum atomic E-state index is -0.449. The second-order valence-corrected chi connectivity index (χ2v) is 3.81. The van der Waals surface area contributed by atoms with Crippen LogP contribution in [0.5, 0.6) is 0 Å². The van der Waals surface area contributed by atoms with E-state index in [9.17, 15) is 5.11 Å². The van der Waals surface area contributed by atoms with Crippen LogP contribution in [0.25, 0.3) is 0 Å². The molecule has 1 rings (SSSR count). The number of aliphatic hydroxyl groups excluding tert-OH is 1. The van der Waals surface area contributed by atoms with Crippen LogP contribution in [-0.4, -0.2) is 11.2 Å². The summed E-state index contributed by atoms with van der Waals surface area (Å²) in [6.07, 6.45) is 0.240. The molecule has 3 N–H and O–H groups in total. The molecule has 0 aliphatic heterocycles. The highest BCUT2D eigenvalue weighted by molar-refractivity contribution is 5.36. The molecule has 2 atom stereocenters. The molecule has 0 heterocycles. The molecule has 0 unspecified atom stereocenters. The smallest absolute Gasteiger partial charge is 0.0730 e. The average molecular weight is 193 g/mol. The Labute approximate surface area is 85.8 Å². The fourth-order valence-corrected chi connectivity index (χ4v) is 1.80. The molecular formula is C12H19NO. The van der Waals surface area contributed by atoms with Crippen molar-refractivity contribution in [2.24, 2.45) is 5.73 Å². The van der Waals surface area contributed by atoms with Crippen molar-refractivity contribution < 1.29 is 5.11 Å². The molecule has 0 bridgehead atoms.